The summed E-state index contributed by atoms with van der Waals surface area (Å²) in [5.74, 6) is 0. The van der Waals surface area contributed by atoms with Crippen LogP contribution in [0.4, 0.5) is 10.5 Å². The fourth-order valence-corrected chi connectivity index (χ4v) is 2.77. The van der Waals surface area contributed by atoms with Crippen LogP contribution in [0, 0.1) is 10.1 Å². The van der Waals surface area contributed by atoms with E-state index in [0.29, 0.717) is 25.1 Å². The van der Waals surface area contributed by atoms with E-state index in [1.54, 1.807) is 11.0 Å². The van der Waals surface area contributed by atoms with Crippen molar-refractivity contribution < 1.29 is 14.5 Å². The van der Waals surface area contributed by atoms with E-state index in [-0.39, 0.29) is 10.6 Å². The lowest BCUT2D eigenvalue weighted by Crippen LogP contribution is -2.40. The maximum absolute atomic E-state index is 12.1. The summed E-state index contributed by atoms with van der Waals surface area (Å²) in [4.78, 5) is 24.4. The molecule has 0 saturated carbocycles. The minimum Gasteiger partial charge on any atom is -0.444 e. The largest absolute Gasteiger partial charge is 0.444 e. The van der Waals surface area contributed by atoms with Crippen molar-refractivity contribution >= 4 is 27.7 Å². The zero-order chi connectivity index (χ0) is 15.8. The van der Waals surface area contributed by atoms with Crippen molar-refractivity contribution in [2.75, 3.05) is 6.54 Å². The van der Waals surface area contributed by atoms with Gasteiger partial charge in [0.1, 0.15) is 5.60 Å². The molecule has 7 heteroatoms. The van der Waals surface area contributed by atoms with Crippen LogP contribution in [-0.4, -0.2) is 28.1 Å². The Morgan fingerprint density at radius 2 is 2.05 bits per heavy atom. The molecule has 21 heavy (non-hydrogen) atoms. The van der Waals surface area contributed by atoms with Crippen LogP contribution in [0.3, 0.4) is 0 Å². The molecule has 0 aliphatic carbocycles. The number of hydrogen-bond acceptors (Lipinski definition) is 4. The topological polar surface area (TPSA) is 72.7 Å². The van der Waals surface area contributed by atoms with Gasteiger partial charge in [-0.1, -0.05) is 15.9 Å². The van der Waals surface area contributed by atoms with Crippen molar-refractivity contribution in [2.24, 2.45) is 0 Å². The number of fused-ring (bicyclic) bond motifs is 1. The SMILES string of the molecule is CC(C)(C)OC(=O)N1CCc2c([N+](=O)[O-])ccc(Br)c2C1. The minimum atomic E-state index is -0.558. The smallest absolute Gasteiger partial charge is 0.410 e. The number of nitro groups is 1. The maximum atomic E-state index is 12.1. The molecule has 0 unspecified atom stereocenters. The van der Waals surface area contributed by atoms with Crippen LogP contribution in [-0.2, 0) is 17.7 Å². The van der Waals surface area contributed by atoms with E-state index >= 15 is 0 Å². The highest BCUT2D eigenvalue weighted by atomic mass is 79.9. The molecule has 0 atom stereocenters. The standard InChI is InChI=1S/C14H17BrN2O4/c1-14(2,3)21-13(18)16-7-6-9-10(8-16)11(15)4-5-12(9)17(19)20/h4-5H,6-8H2,1-3H3. The van der Waals surface area contributed by atoms with Crippen LogP contribution < -0.4 is 0 Å². The highest BCUT2D eigenvalue weighted by Gasteiger charge is 2.30. The molecule has 0 N–H and O–H groups in total. The lowest BCUT2D eigenvalue weighted by atomic mass is 9.98. The number of amides is 1. The molecule has 2 rings (SSSR count). The second kappa shape index (κ2) is 5.63. The van der Waals surface area contributed by atoms with Gasteiger partial charge in [-0.15, -0.1) is 0 Å². The van der Waals surface area contributed by atoms with Gasteiger partial charge < -0.3 is 9.64 Å². The Morgan fingerprint density at radius 1 is 1.38 bits per heavy atom. The van der Waals surface area contributed by atoms with Crippen molar-refractivity contribution in [3.05, 3.63) is 37.8 Å². The molecule has 0 saturated heterocycles. The summed E-state index contributed by atoms with van der Waals surface area (Å²) in [6.07, 6.45) is 0.0520. The fraction of sp³-hybridized carbons (Fsp3) is 0.500. The number of benzene rings is 1. The second-order valence-electron chi connectivity index (χ2n) is 5.93. The molecule has 0 spiro atoms. The number of hydrogen-bond donors (Lipinski definition) is 0. The molecule has 114 valence electrons. The zero-order valence-electron chi connectivity index (χ0n) is 12.2. The van der Waals surface area contributed by atoms with Gasteiger partial charge in [0.2, 0.25) is 0 Å². The Bertz CT molecular complexity index is 595. The molecule has 0 radical (unpaired) electrons. The molecular formula is C14H17BrN2O4. The van der Waals surface area contributed by atoms with Gasteiger partial charge in [0, 0.05) is 22.6 Å². The first-order chi connectivity index (χ1) is 9.69. The van der Waals surface area contributed by atoms with Crippen LogP contribution in [0.25, 0.3) is 0 Å². The predicted octanol–water partition coefficient (Wildman–Crippen LogP) is 3.65. The highest BCUT2D eigenvalue weighted by Crippen LogP contribution is 2.33. The molecule has 1 aromatic rings. The Labute approximate surface area is 131 Å². The Hall–Kier alpha value is -1.63. The van der Waals surface area contributed by atoms with E-state index in [9.17, 15) is 14.9 Å². The van der Waals surface area contributed by atoms with Gasteiger partial charge in [-0.05, 0) is 38.8 Å². The lowest BCUT2D eigenvalue weighted by Gasteiger charge is -2.31. The third-order valence-electron chi connectivity index (χ3n) is 3.18. The Balaban J connectivity index is 2.27. The molecule has 1 aliphatic rings. The number of carbonyl (C=O) groups excluding carboxylic acids is 1. The lowest BCUT2D eigenvalue weighted by molar-refractivity contribution is -0.385. The predicted molar refractivity (Wildman–Crippen MR) is 81.1 cm³/mol. The average molecular weight is 357 g/mol. The van der Waals surface area contributed by atoms with E-state index in [2.05, 4.69) is 15.9 Å². The molecule has 6 nitrogen and oxygen atoms in total. The first kappa shape index (κ1) is 15.8. The van der Waals surface area contributed by atoms with Gasteiger partial charge in [0.05, 0.1) is 11.5 Å². The monoisotopic (exact) mass is 356 g/mol. The van der Waals surface area contributed by atoms with Crippen LogP contribution in [0.5, 0.6) is 0 Å². The number of carbonyl (C=O) groups is 1. The Kier molecular flexibility index (Phi) is 4.22. The van der Waals surface area contributed by atoms with Gasteiger partial charge >= 0.3 is 6.09 Å². The van der Waals surface area contributed by atoms with E-state index in [1.165, 1.54) is 6.07 Å². The normalized spacial score (nSPS) is 14.6. The molecule has 1 heterocycles. The molecule has 1 amide bonds. The van der Waals surface area contributed by atoms with E-state index in [0.717, 1.165) is 10.0 Å². The van der Waals surface area contributed by atoms with Crippen LogP contribution in [0.15, 0.2) is 16.6 Å². The molecular weight excluding hydrogens is 340 g/mol. The van der Waals surface area contributed by atoms with Gasteiger partial charge in [-0.3, -0.25) is 10.1 Å². The van der Waals surface area contributed by atoms with Gasteiger partial charge in [0.15, 0.2) is 0 Å². The third-order valence-corrected chi connectivity index (χ3v) is 3.92. The second-order valence-corrected chi connectivity index (χ2v) is 6.79. The van der Waals surface area contributed by atoms with Crippen molar-refractivity contribution in [1.82, 2.24) is 4.90 Å². The molecule has 1 aliphatic heterocycles. The summed E-state index contributed by atoms with van der Waals surface area (Å²) >= 11 is 3.40. The first-order valence-corrected chi connectivity index (χ1v) is 7.41. The van der Waals surface area contributed by atoms with Gasteiger partial charge in [-0.25, -0.2) is 4.79 Å². The van der Waals surface area contributed by atoms with Crippen molar-refractivity contribution in [3.63, 3.8) is 0 Å². The summed E-state index contributed by atoms with van der Waals surface area (Å²) in [6, 6.07) is 3.14. The average Bonchev–Trinajstić information content (AvgIpc) is 2.36. The quantitative estimate of drug-likeness (QED) is 0.568. The summed E-state index contributed by atoms with van der Waals surface area (Å²) in [6.45, 7) is 6.16. The van der Waals surface area contributed by atoms with Gasteiger partial charge in [-0.2, -0.15) is 0 Å². The Morgan fingerprint density at radius 3 is 2.62 bits per heavy atom. The highest BCUT2D eigenvalue weighted by molar-refractivity contribution is 9.10. The minimum absolute atomic E-state index is 0.108. The van der Waals surface area contributed by atoms with Crippen molar-refractivity contribution in [1.29, 1.82) is 0 Å². The van der Waals surface area contributed by atoms with E-state index < -0.39 is 11.7 Å². The van der Waals surface area contributed by atoms with Crippen LogP contribution >= 0.6 is 15.9 Å². The van der Waals surface area contributed by atoms with Gasteiger partial charge in [0.25, 0.3) is 5.69 Å². The van der Waals surface area contributed by atoms with E-state index in [4.69, 9.17) is 4.74 Å². The number of halogens is 1. The summed E-state index contributed by atoms with van der Waals surface area (Å²) in [5.41, 5.74) is 1.02. The maximum Gasteiger partial charge on any atom is 0.410 e. The number of rotatable bonds is 1. The number of nitro benzene ring substituents is 1. The fourth-order valence-electron chi connectivity index (χ4n) is 2.27. The zero-order valence-corrected chi connectivity index (χ0v) is 13.8. The third kappa shape index (κ3) is 3.53. The summed E-state index contributed by atoms with van der Waals surface area (Å²) < 4.78 is 6.12. The molecule has 0 aromatic heterocycles. The van der Waals surface area contributed by atoms with Crippen molar-refractivity contribution in [3.8, 4) is 0 Å². The van der Waals surface area contributed by atoms with Crippen molar-refractivity contribution in [2.45, 2.75) is 39.3 Å². The van der Waals surface area contributed by atoms with E-state index in [1.807, 2.05) is 20.8 Å². The number of ether oxygens (including phenoxy) is 1. The first-order valence-electron chi connectivity index (χ1n) is 6.61. The molecule has 0 bridgehead atoms. The van der Waals surface area contributed by atoms with Crippen LogP contribution in [0.1, 0.15) is 31.9 Å². The van der Waals surface area contributed by atoms with Crippen LogP contribution in [0.2, 0.25) is 0 Å². The summed E-state index contributed by atoms with van der Waals surface area (Å²) in [5, 5.41) is 11.1. The number of nitrogens with zero attached hydrogens (tertiary/aromatic N) is 2. The summed E-state index contributed by atoms with van der Waals surface area (Å²) in [7, 11) is 0. The molecule has 1 aromatic carbocycles. The molecule has 0 fully saturated rings.